The first kappa shape index (κ1) is 21.7. The van der Waals surface area contributed by atoms with Crippen molar-refractivity contribution >= 4 is 35.0 Å². The minimum atomic E-state index is -4.77. The second kappa shape index (κ2) is 8.89. The number of carbonyl (C=O) groups is 2. The number of para-hydroxylation sites is 2. The van der Waals surface area contributed by atoms with Crippen molar-refractivity contribution in [2.45, 2.75) is 61.9 Å². The molecule has 31 heavy (non-hydrogen) atoms. The second-order valence-corrected chi connectivity index (χ2v) is 8.55. The molecule has 0 saturated heterocycles. The molecule has 1 aromatic heterocycles. The van der Waals surface area contributed by atoms with Gasteiger partial charge in [-0.15, -0.1) is 10.2 Å². The Morgan fingerprint density at radius 3 is 2.68 bits per heavy atom. The SMILES string of the molecule is O=C1CC(C(F)(F)F)N(C(=O)CSc2nnc(C3CCCCC3)o2)c2ccccc2N1. The third-order valence-corrected chi connectivity index (χ3v) is 6.27. The summed E-state index contributed by atoms with van der Waals surface area (Å²) < 4.78 is 46.9. The summed E-state index contributed by atoms with van der Waals surface area (Å²) in [6.45, 7) is 0. The van der Waals surface area contributed by atoms with Crippen LogP contribution in [-0.2, 0) is 9.59 Å². The largest absolute Gasteiger partial charge is 0.416 e. The Balaban J connectivity index is 1.53. The molecule has 2 amide bonds. The van der Waals surface area contributed by atoms with E-state index in [0.717, 1.165) is 37.4 Å². The van der Waals surface area contributed by atoms with Gasteiger partial charge in [-0.3, -0.25) is 14.5 Å². The minimum absolute atomic E-state index is 0.00898. The van der Waals surface area contributed by atoms with Crippen LogP contribution < -0.4 is 10.2 Å². The molecule has 1 atom stereocenters. The molecule has 7 nitrogen and oxygen atoms in total. The molecule has 0 spiro atoms. The fraction of sp³-hybridized carbons (Fsp3) is 0.500. The van der Waals surface area contributed by atoms with Crippen LogP contribution >= 0.6 is 11.8 Å². The van der Waals surface area contributed by atoms with E-state index in [1.54, 1.807) is 6.07 Å². The van der Waals surface area contributed by atoms with Crippen molar-refractivity contribution in [1.29, 1.82) is 0 Å². The standard InChI is InChI=1S/C20H21F3N4O3S/c21-20(22,23)15-10-16(28)24-13-8-4-5-9-14(13)27(15)17(29)11-31-19-26-25-18(30-19)12-6-2-1-3-7-12/h4-5,8-9,12,15H,1-3,6-7,10-11H2,(H,24,28). The van der Waals surface area contributed by atoms with E-state index < -0.39 is 30.5 Å². The lowest BCUT2D eigenvalue weighted by Crippen LogP contribution is -2.50. The number of fused-ring (bicyclic) bond motifs is 1. The molecule has 166 valence electrons. The average Bonchev–Trinajstić information content (AvgIpc) is 3.15. The van der Waals surface area contributed by atoms with Crippen LogP contribution in [0.2, 0.25) is 0 Å². The summed E-state index contributed by atoms with van der Waals surface area (Å²) >= 11 is 0.898. The number of thioether (sulfide) groups is 1. The maximum Gasteiger partial charge on any atom is 0.409 e. The predicted molar refractivity (Wildman–Crippen MR) is 108 cm³/mol. The summed E-state index contributed by atoms with van der Waals surface area (Å²) in [5, 5.41) is 10.6. The zero-order valence-corrected chi connectivity index (χ0v) is 17.3. The first-order valence-electron chi connectivity index (χ1n) is 10.1. The van der Waals surface area contributed by atoms with Gasteiger partial charge < -0.3 is 9.73 Å². The molecule has 1 saturated carbocycles. The first-order valence-corrected chi connectivity index (χ1v) is 11.1. The second-order valence-electron chi connectivity index (χ2n) is 7.62. The highest BCUT2D eigenvalue weighted by Gasteiger charge is 2.49. The van der Waals surface area contributed by atoms with Crippen LogP contribution in [0.1, 0.15) is 50.3 Å². The fourth-order valence-electron chi connectivity index (χ4n) is 3.98. The highest BCUT2D eigenvalue weighted by Crippen LogP contribution is 2.38. The third kappa shape index (κ3) is 4.86. The predicted octanol–water partition coefficient (Wildman–Crippen LogP) is 4.52. The lowest BCUT2D eigenvalue weighted by molar-refractivity contribution is -0.157. The Morgan fingerprint density at radius 2 is 1.94 bits per heavy atom. The molecular formula is C20H21F3N4O3S. The smallest absolute Gasteiger partial charge is 0.409 e. The molecule has 1 N–H and O–H groups in total. The van der Waals surface area contributed by atoms with Gasteiger partial charge in [0, 0.05) is 5.92 Å². The van der Waals surface area contributed by atoms with Gasteiger partial charge in [-0.05, 0) is 25.0 Å². The van der Waals surface area contributed by atoms with Crippen LogP contribution in [-0.4, -0.2) is 40.0 Å². The molecule has 2 aromatic rings. The Bertz CT molecular complexity index is 959. The quantitative estimate of drug-likeness (QED) is 0.684. The molecule has 1 fully saturated rings. The monoisotopic (exact) mass is 454 g/mol. The number of benzene rings is 1. The van der Waals surface area contributed by atoms with Crippen LogP contribution in [0.3, 0.4) is 0 Å². The lowest BCUT2D eigenvalue weighted by Gasteiger charge is -2.31. The van der Waals surface area contributed by atoms with Crippen molar-refractivity contribution in [1.82, 2.24) is 10.2 Å². The zero-order valence-electron chi connectivity index (χ0n) is 16.5. The Morgan fingerprint density at radius 1 is 1.19 bits per heavy atom. The molecule has 1 unspecified atom stereocenters. The van der Waals surface area contributed by atoms with Gasteiger partial charge in [0.15, 0.2) is 0 Å². The molecule has 0 bridgehead atoms. The summed E-state index contributed by atoms with van der Waals surface area (Å²) in [5.41, 5.74) is 0.171. The van der Waals surface area contributed by atoms with Crippen LogP contribution in [0, 0.1) is 0 Å². The summed E-state index contributed by atoms with van der Waals surface area (Å²) in [5.74, 6) is -1.23. The topological polar surface area (TPSA) is 88.3 Å². The van der Waals surface area contributed by atoms with Crippen LogP contribution in [0.5, 0.6) is 0 Å². The maximum absolute atomic E-state index is 13.8. The summed E-state index contributed by atoms with van der Waals surface area (Å²) in [6, 6.07) is 3.69. The highest BCUT2D eigenvalue weighted by atomic mass is 32.2. The number of aromatic nitrogens is 2. The number of anilines is 2. The minimum Gasteiger partial charge on any atom is -0.416 e. The van der Waals surface area contributed by atoms with Crippen molar-refractivity contribution < 1.29 is 27.2 Å². The number of nitrogens with one attached hydrogen (secondary N) is 1. The number of alkyl halides is 3. The van der Waals surface area contributed by atoms with Crippen molar-refractivity contribution in [3.63, 3.8) is 0 Å². The normalized spacial score (nSPS) is 20.2. The van der Waals surface area contributed by atoms with Gasteiger partial charge in [0.25, 0.3) is 5.22 Å². The van der Waals surface area contributed by atoms with Crippen molar-refractivity contribution in [2.24, 2.45) is 0 Å². The van der Waals surface area contributed by atoms with Crippen molar-refractivity contribution in [2.75, 3.05) is 16.0 Å². The summed E-state index contributed by atoms with van der Waals surface area (Å²) in [6.07, 6.45) is -0.361. The zero-order chi connectivity index (χ0) is 22.0. The first-order chi connectivity index (χ1) is 14.8. The van der Waals surface area contributed by atoms with E-state index in [2.05, 4.69) is 15.5 Å². The number of hydrogen-bond acceptors (Lipinski definition) is 6. The summed E-state index contributed by atoms with van der Waals surface area (Å²) in [7, 11) is 0. The van der Waals surface area contributed by atoms with Gasteiger partial charge in [0.2, 0.25) is 17.7 Å². The number of carbonyl (C=O) groups excluding carboxylic acids is 2. The Hall–Kier alpha value is -2.56. The number of nitrogens with zero attached hydrogens (tertiary/aromatic N) is 3. The van der Waals surface area contributed by atoms with Crippen LogP contribution in [0.15, 0.2) is 33.9 Å². The van der Waals surface area contributed by atoms with E-state index in [4.69, 9.17) is 4.42 Å². The van der Waals surface area contributed by atoms with Gasteiger partial charge >= 0.3 is 6.18 Å². The van der Waals surface area contributed by atoms with Gasteiger partial charge in [-0.25, -0.2) is 0 Å². The number of amides is 2. The van der Waals surface area contributed by atoms with E-state index in [9.17, 15) is 22.8 Å². The molecule has 1 aliphatic heterocycles. The van der Waals surface area contributed by atoms with Gasteiger partial charge in [0.05, 0.1) is 23.5 Å². The van der Waals surface area contributed by atoms with Crippen LogP contribution in [0.4, 0.5) is 24.5 Å². The molecule has 4 rings (SSSR count). The lowest BCUT2D eigenvalue weighted by atomic mass is 9.89. The van der Waals surface area contributed by atoms with E-state index in [-0.39, 0.29) is 28.3 Å². The average molecular weight is 454 g/mol. The molecule has 2 aliphatic rings. The number of rotatable bonds is 4. The van der Waals surface area contributed by atoms with Crippen LogP contribution in [0.25, 0.3) is 0 Å². The highest BCUT2D eigenvalue weighted by molar-refractivity contribution is 7.99. The van der Waals surface area contributed by atoms with Gasteiger partial charge in [-0.2, -0.15) is 13.2 Å². The van der Waals surface area contributed by atoms with E-state index in [0.29, 0.717) is 10.8 Å². The van der Waals surface area contributed by atoms with E-state index in [1.165, 1.54) is 24.6 Å². The number of halogens is 3. The van der Waals surface area contributed by atoms with Gasteiger partial charge in [0.1, 0.15) is 6.04 Å². The Kier molecular flexibility index (Phi) is 6.22. The van der Waals surface area contributed by atoms with Crippen molar-refractivity contribution in [3.8, 4) is 0 Å². The fourth-order valence-corrected chi connectivity index (χ4v) is 4.61. The molecule has 1 aliphatic carbocycles. The third-order valence-electron chi connectivity index (χ3n) is 5.47. The van der Waals surface area contributed by atoms with Gasteiger partial charge in [-0.1, -0.05) is 43.2 Å². The molecule has 1 aromatic carbocycles. The number of hydrogen-bond donors (Lipinski definition) is 1. The molecule has 11 heteroatoms. The molecule has 2 heterocycles. The van der Waals surface area contributed by atoms with E-state index >= 15 is 0 Å². The molecule has 0 radical (unpaired) electrons. The van der Waals surface area contributed by atoms with Crippen molar-refractivity contribution in [3.05, 3.63) is 30.2 Å². The summed E-state index contributed by atoms with van der Waals surface area (Å²) in [4.78, 5) is 25.6. The van der Waals surface area contributed by atoms with E-state index in [1.807, 2.05) is 0 Å². The Labute approximate surface area is 180 Å². The molecular weight excluding hydrogens is 433 g/mol. The maximum atomic E-state index is 13.8.